The molecule has 0 aromatic heterocycles. The molecule has 38 heavy (non-hydrogen) atoms. The molecule has 0 bridgehead atoms. The lowest BCUT2D eigenvalue weighted by atomic mass is 9.77. The minimum atomic E-state index is -5.30. The average Bonchev–Trinajstić information content (AvgIpc) is 2.82. The lowest BCUT2D eigenvalue weighted by Crippen LogP contribution is -2.37. The third kappa shape index (κ3) is 6.61. The van der Waals surface area contributed by atoms with E-state index in [4.69, 9.17) is 0 Å². The summed E-state index contributed by atoms with van der Waals surface area (Å²) in [4.78, 5) is 0. The normalized spacial score (nSPS) is 25.1. The van der Waals surface area contributed by atoms with Gasteiger partial charge in [0.15, 0.2) is 0 Å². The monoisotopic (exact) mass is 548 g/mol. The van der Waals surface area contributed by atoms with Crippen LogP contribution in [0, 0.1) is 35.2 Å². The molecule has 2 saturated carbocycles. The fourth-order valence-corrected chi connectivity index (χ4v) is 5.55. The average molecular weight is 549 g/mol. The van der Waals surface area contributed by atoms with Crippen molar-refractivity contribution in [3.05, 3.63) is 71.1 Å². The zero-order valence-electron chi connectivity index (χ0n) is 20.4. The Morgan fingerprint density at radius 1 is 0.711 bits per heavy atom. The summed E-state index contributed by atoms with van der Waals surface area (Å²) in [7, 11) is 0. The van der Waals surface area contributed by atoms with E-state index in [1.54, 1.807) is 6.07 Å². The van der Waals surface area contributed by atoms with Gasteiger partial charge in [0.1, 0.15) is 34.5 Å². The first-order valence-electron chi connectivity index (χ1n) is 12.6. The van der Waals surface area contributed by atoms with Gasteiger partial charge in [0.05, 0.1) is 5.92 Å². The SMILES string of the molecule is Oc1ccc(C2CCC(/C=C/C3CCC(C(F)(F)Oc4cc(F)c(C(F)(F)F)c(F)c4)CC3)CC2)c(F)c1. The maximum absolute atomic E-state index is 14.7. The molecule has 2 aliphatic carbocycles. The predicted molar refractivity (Wildman–Crippen MR) is 124 cm³/mol. The van der Waals surface area contributed by atoms with Crippen LogP contribution in [0.2, 0.25) is 0 Å². The van der Waals surface area contributed by atoms with Crippen LogP contribution in [-0.4, -0.2) is 11.2 Å². The first kappa shape index (κ1) is 28.2. The highest BCUT2D eigenvalue weighted by atomic mass is 19.4. The Bertz CT molecular complexity index is 1120. The fourth-order valence-electron chi connectivity index (χ4n) is 5.55. The lowest BCUT2D eigenvalue weighted by molar-refractivity contribution is -0.223. The van der Waals surface area contributed by atoms with Crippen LogP contribution in [0.25, 0.3) is 0 Å². The van der Waals surface area contributed by atoms with Crippen LogP contribution in [0.15, 0.2) is 42.5 Å². The molecule has 0 heterocycles. The molecule has 2 aromatic carbocycles. The second-order valence-electron chi connectivity index (χ2n) is 10.2. The molecule has 0 unspecified atom stereocenters. The molecule has 0 radical (unpaired) electrons. The summed E-state index contributed by atoms with van der Waals surface area (Å²) in [5, 5.41) is 9.39. The van der Waals surface area contributed by atoms with E-state index in [0.29, 0.717) is 24.3 Å². The van der Waals surface area contributed by atoms with Gasteiger partial charge in [-0.15, -0.1) is 0 Å². The van der Waals surface area contributed by atoms with E-state index in [2.05, 4.69) is 10.8 Å². The zero-order valence-corrected chi connectivity index (χ0v) is 20.4. The van der Waals surface area contributed by atoms with Crippen molar-refractivity contribution in [2.24, 2.45) is 17.8 Å². The number of aromatic hydroxyl groups is 1. The number of hydrogen-bond donors (Lipinski definition) is 1. The summed E-state index contributed by atoms with van der Waals surface area (Å²) in [5.41, 5.74) is -1.55. The van der Waals surface area contributed by atoms with Crippen LogP contribution in [0.5, 0.6) is 11.5 Å². The molecule has 0 aliphatic heterocycles. The number of alkyl halides is 5. The van der Waals surface area contributed by atoms with Crippen molar-refractivity contribution in [1.29, 1.82) is 0 Å². The van der Waals surface area contributed by atoms with Crippen LogP contribution >= 0.6 is 0 Å². The highest BCUT2D eigenvalue weighted by Crippen LogP contribution is 2.43. The van der Waals surface area contributed by atoms with Gasteiger partial charge in [0.2, 0.25) is 0 Å². The van der Waals surface area contributed by atoms with Gasteiger partial charge in [-0.2, -0.15) is 22.0 Å². The van der Waals surface area contributed by atoms with E-state index in [1.807, 2.05) is 6.08 Å². The number of ether oxygens (including phenoxy) is 1. The Morgan fingerprint density at radius 3 is 1.74 bits per heavy atom. The van der Waals surface area contributed by atoms with Crippen molar-refractivity contribution in [2.75, 3.05) is 0 Å². The maximum atomic E-state index is 14.7. The molecule has 0 saturated heterocycles. The van der Waals surface area contributed by atoms with Crippen LogP contribution < -0.4 is 4.74 Å². The third-order valence-corrected chi connectivity index (χ3v) is 7.65. The first-order chi connectivity index (χ1) is 17.8. The minimum absolute atomic E-state index is 0.0790. The van der Waals surface area contributed by atoms with Gasteiger partial charge in [0, 0.05) is 18.2 Å². The predicted octanol–water partition coefficient (Wildman–Crippen LogP) is 9.14. The van der Waals surface area contributed by atoms with Gasteiger partial charge in [-0.25, -0.2) is 13.2 Å². The zero-order chi connectivity index (χ0) is 27.7. The Morgan fingerprint density at radius 2 is 1.24 bits per heavy atom. The number of halogens is 8. The molecule has 2 aromatic rings. The Hall–Kier alpha value is -2.78. The van der Waals surface area contributed by atoms with Gasteiger partial charge < -0.3 is 9.84 Å². The Labute approximate surface area is 215 Å². The first-order valence-corrected chi connectivity index (χ1v) is 12.6. The van der Waals surface area contributed by atoms with Crippen LogP contribution in [0.4, 0.5) is 35.1 Å². The number of hydrogen-bond acceptors (Lipinski definition) is 2. The van der Waals surface area contributed by atoms with Crippen LogP contribution in [0.1, 0.15) is 68.4 Å². The largest absolute Gasteiger partial charge is 0.508 e. The summed E-state index contributed by atoms with van der Waals surface area (Å²) in [6.07, 6.45) is -0.573. The molecular formula is C28H28F8O2. The summed E-state index contributed by atoms with van der Waals surface area (Å²) < 4.78 is 114. The van der Waals surface area contributed by atoms with E-state index in [1.165, 1.54) is 6.07 Å². The molecule has 4 rings (SSSR count). The van der Waals surface area contributed by atoms with E-state index in [9.17, 15) is 40.2 Å². The maximum Gasteiger partial charge on any atom is 0.422 e. The van der Waals surface area contributed by atoms with Gasteiger partial charge in [0.25, 0.3) is 0 Å². The second-order valence-corrected chi connectivity index (χ2v) is 10.2. The molecule has 0 atom stereocenters. The van der Waals surface area contributed by atoms with Crippen molar-refractivity contribution in [1.82, 2.24) is 0 Å². The summed E-state index contributed by atoms with van der Waals surface area (Å²) in [6, 6.07) is 4.47. The standard InChI is InChI=1S/C28H28F8O2/c29-23-13-20(37)11-12-22(23)18-7-3-16(4-8-18)1-2-17-5-9-19(10-6-17)28(35,36)38-21-14-24(30)26(25(31)15-21)27(32,33)34/h1-2,11-19,37H,3-10H2/b2-1+. The van der Waals surface area contributed by atoms with E-state index >= 15 is 0 Å². The van der Waals surface area contributed by atoms with Crippen LogP contribution in [-0.2, 0) is 6.18 Å². The minimum Gasteiger partial charge on any atom is -0.508 e. The summed E-state index contributed by atoms with van der Waals surface area (Å²) in [5.74, 6) is -6.31. The number of benzene rings is 2. The molecular weight excluding hydrogens is 520 g/mol. The lowest BCUT2D eigenvalue weighted by Gasteiger charge is -2.33. The third-order valence-electron chi connectivity index (χ3n) is 7.65. The van der Waals surface area contributed by atoms with Crippen molar-refractivity contribution in [3.63, 3.8) is 0 Å². The Balaban J connectivity index is 1.27. The summed E-state index contributed by atoms with van der Waals surface area (Å²) in [6.45, 7) is 0. The second kappa shape index (κ2) is 11.1. The van der Waals surface area contributed by atoms with Crippen LogP contribution in [0.3, 0.4) is 0 Å². The molecule has 0 spiro atoms. The van der Waals surface area contributed by atoms with E-state index in [-0.39, 0.29) is 42.6 Å². The van der Waals surface area contributed by atoms with Crippen molar-refractivity contribution < 1.29 is 45.0 Å². The molecule has 0 amide bonds. The Kier molecular flexibility index (Phi) is 8.28. The van der Waals surface area contributed by atoms with Crippen molar-refractivity contribution in [3.8, 4) is 11.5 Å². The molecule has 1 N–H and O–H groups in total. The number of phenols is 1. The fraction of sp³-hybridized carbons (Fsp3) is 0.500. The van der Waals surface area contributed by atoms with Gasteiger partial charge in [-0.3, -0.25) is 0 Å². The topological polar surface area (TPSA) is 29.5 Å². The van der Waals surface area contributed by atoms with Crippen molar-refractivity contribution in [2.45, 2.75) is 69.6 Å². The molecule has 10 heteroatoms. The number of phenolic OH excluding ortho intramolecular Hbond substituents is 1. The smallest absolute Gasteiger partial charge is 0.422 e. The van der Waals surface area contributed by atoms with E-state index < -0.39 is 47.0 Å². The number of rotatable bonds is 6. The molecule has 2 fully saturated rings. The highest BCUT2D eigenvalue weighted by Gasteiger charge is 2.45. The van der Waals surface area contributed by atoms with Gasteiger partial charge in [-0.05, 0) is 80.8 Å². The molecule has 2 aliphatic rings. The quantitative estimate of drug-likeness (QED) is 0.288. The highest BCUT2D eigenvalue weighted by molar-refractivity contribution is 5.33. The molecule has 2 nitrogen and oxygen atoms in total. The van der Waals surface area contributed by atoms with E-state index in [0.717, 1.165) is 31.7 Å². The summed E-state index contributed by atoms with van der Waals surface area (Å²) >= 11 is 0. The molecule has 208 valence electrons. The van der Waals surface area contributed by atoms with Crippen molar-refractivity contribution >= 4 is 0 Å². The van der Waals surface area contributed by atoms with Gasteiger partial charge in [-0.1, -0.05) is 18.2 Å². The van der Waals surface area contributed by atoms with Gasteiger partial charge >= 0.3 is 12.3 Å². The number of allylic oxidation sites excluding steroid dienone is 2.